The Morgan fingerprint density at radius 3 is 2.44 bits per heavy atom. The van der Waals surface area contributed by atoms with Crippen LogP contribution in [0.1, 0.15) is 19.4 Å². The average molecular weight is 427 g/mol. The van der Waals surface area contributed by atoms with Gasteiger partial charge in [0.1, 0.15) is 5.75 Å². The fourth-order valence-electron chi connectivity index (χ4n) is 3.39. The Labute approximate surface area is 187 Å². The molecule has 0 atom stereocenters. The molecule has 0 fully saturated rings. The third-order valence-corrected chi connectivity index (χ3v) is 4.97. The van der Waals surface area contributed by atoms with Crippen molar-refractivity contribution in [2.24, 2.45) is 5.10 Å². The smallest absolute Gasteiger partial charge is 0.282 e. The highest BCUT2D eigenvalue weighted by molar-refractivity contribution is 5.85. The van der Waals surface area contributed by atoms with Crippen molar-refractivity contribution in [3.8, 4) is 17.1 Å². The van der Waals surface area contributed by atoms with E-state index in [0.29, 0.717) is 22.5 Å². The lowest BCUT2D eigenvalue weighted by atomic mass is 10.2. The fourth-order valence-corrected chi connectivity index (χ4v) is 3.39. The highest BCUT2D eigenvalue weighted by atomic mass is 16.5. The summed E-state index contributed by atoms with van der Waals surface area (Å²) >= 11 is 0. The molecular weight excluding hydrogens is 400 g/mol. The van der Waals surface area contributed by atoms with E-state index in [0.717, 1.165) is 16.8 Å². The van der Waals surface area contributed by atoms with Crippen LogP contribution in [0.3, 0.4) is 0 Å². The molecule has 6 heteroatoms. The van der Waals surface area contributed by atoms with Gasteiger partial charge in [-0.25, -0.2) is 4.98 Å². The number of hydrogen-bond acceptors (Lipinski definition) is 5. The Kier molecular flexibility index (Phi) is 6.03. The van der Waals surface area contributed by atoms with Gasteiger partial charge in [0.2, 0.25) is 0 Å². The number of hydrogen-bond donors (Lipinski definition) is 0. The van der Waals surface area contributed by atoms with Crippen molar-refractivity contribution in [3.63, 3.8) is 0 Å². The van der Waals surface area contributed by atoms with Crippen molar-refractivity contribution in [2.45, 2.75) is 20.0 Å². The van der Waals surface area contributed by atoms with Crippen LogP contribution in [0, 0.1) is 0 Å². The highest BCUT2D eigenvalue weighted by Crippen LogP contribution is 2.25. The molecule has 0 N–H and O–H groups in total. The van der Waals surface area contributed by atoms with Crippen molar-refractivity contribution in [3.05, 3.63) is 88.7 Å². The summed E-state index contributed by atoms with van der Waals surface area (Å²) in [5, 5.41) is 5.09. The fraction of sp³-hybridized carbons (Fsp3) is 0.192. The first-order valence-electron chi connectivity index (χ1n) is 10.5. The van der Waals surface area contributed by atoms with Crippen LogP contribution >= 0.6 is 0 Å². The number of rotatable bonds is 6. The summed E-state index contributed by atoms with van der Waals surface area (Å²) in [6.45, 7) is 3.96. The molecule has 0 spiro atoms. The average Bonchev–Trinajstić information content (AvgIpc) is 2.79. The van der Waals surface area contributed by atoms with Gasteiger partial charge in [-0.1, -0.05) is 42.5 Å². The van der Waals surface area contributed by atoms with Crippen LogP contribution in [0.25, 0.3) is 22.3 Å². The molecule has 3 aromatic carbocycles. The first-order valence-corrected chi connectivity index (χ1v) is 10.5. The molecule has 1 heterocycles. The molecule has 162 valence electrons. The summed E-state index contributed by atoms with van der Waals surface area (Å²) in [5.74, 6) is 1.19. The van der Waals surface area contributed by atoms with Gasteiger partial charge in [-0.05, 0) is 38.1 Å². The first kappa shape index (κ1) is 21.3. The van der Waals surface area contributed by atoms with E-state index in [1.165, 1.54) is 4.68 Å². The van der Waals surface area contributed by atoms with E-state index in [1.54, 1.807) is 12.3 Å². The number of benzene rings is 3. The van der Waals surface area contributed by atoms with Gasteiger partial charge >= 0.3 is 0 Å². The zero-order valence-electron chi connectivity index (χ0n) is 18.7. The Bertz CT molecular complexity index is 1320. The predicted octanol–water partition coefficient (Wildman–Crippen LogP) is 4.80. The van der Waals surface area contributed by atoms with Crippen LogP contribution in [0.15, 0.2) is 82.7 Å². The number of anilines is 1. The van der Waals surface area contributed by atoms with E-state index in [9.17, 15) is 4.79 Å². The summed E-state index contributed by atoms with van der Waals surface area (Å²) in [6.07, 6.45) is 1.66. The van der Waals surface area contributed by atoms with E-state index in [4.69, 9.17) is 9.72 Å². The summed E-state index contributed by atoms with van der Waals surface area (Å²) in [6, 6.07) is 22.8. The van der Waals surface area contributed by atoms with Crippen LogP contribution in [0.5, 0.6) is 5.75 Å². The quantitative estimate of drug-likeness (QED) is 0.416. The maximum absolute atomic E-state index is 13.3. The van der Waals surface area contributed by atoms with Crippen molar-refractivity contribution >= 4 is 22.8 Å². The third-order valence-electron chi connectivity index (χ3n) is 4.97. The van der Waals surface area contributed by atoms with Crippen LogP contribution < -0.4 is 15.2 Å². The minimum absolute atomic E-state index is 0.00417. The minimum atomic E-state index is -0.220. The topological polar surface area (TPSA) is 59.7 Å². The third kappa shape index (κ3) is 4.39. The zero-order chi connectivity index (χ0) is 22.7. The molecule has 0 aliphatic rings. The molecule has 1 aromatic heterocycles. The van der Waals surface area contributed by atoms with E-state index in [-0.39, 0.29) is 11.7 Å². The molecule has 0 unspecified atom stereocenters. The maximum Gasteiger partial charge on any atom is 0.282 e. The molecule has 0 bridgehead atoms. The number of fused-ring (bicyclic) bond motifs is 1. The van der Waals surface area contributed by atoms with Gasteiger partial charge in [0.15, 0.2) is 5.82 Å². The highest BCUT2D eigenvalue weighted by Gasteiger charge is 2.13. The van der Waals surface area contributed by atoms with Gasteiger partial charge in [0, 0.05) is 37.0 Å². The number of ether oxygens (including phenoxy) is 1. The molecule has 32 heavy (non-hydrogen) atoms. The van der Waals surface area contributed by atoms with E-state index in [2.05, 4.69) is 5.10 Å². The second-order valence-electron chi connectivity index (χ2n) is 7.96. The van der Waals surface area contributed by atoms with Gasteiger partial charge in [0.25, 0.3) is 5.56 Å². The van der Waals surface area contributed by atoms with Crippen LogP contribution in [-0.2, 0) is 0 Å². The molecule has 0 aliphatic heterocycles. The second kappa shape index (κ2) is 9.06. The minimum Gasteiger partial charge on any atom is -0.490 e. The Hall–Kier alpha value is -3.93. The van der Waals surface area contributed by atoms with Gasteiger partial charge < -0.3 is 9.64 Å². The molecule has 0 radical (unpaired) electrons. The largest absolute Gasteiger partial charge is 0.490 e. The lowest BCUT2D eigenvalue weighted by Gasteiger charge is -2.17. The lowest BCUT2D eigenvalue weighted by Crippen LogP contribution is -2.20. The van der Waals surface area contributed by atoms with Gasteiger partial charge in [0.05, 0.1) is 23.2 Å². The first-order chi connectivity index (χ1) is 15.4. The standard InChI is InChI=1S/C26H26N4O2/c1-18(2)32-24-16-21(29(3)4)15-14-20(24)17-27-30-25(19-10-6-5-7-11-19)28-23-13-9-8-12-22(23)26(30)31/h5-18H,1-4H3. The van der Waals surface area contributed by atoms with Gasteiger partial charge in [-0.2, -0.15) is 9.78 Å². The van der Waals surface area contributed by atoms with E-state index >= 15 is 0 Å². The number of aromatic nitrogens is 2. The zero-order valence-corrected chi connectivity index (χ0v) is 18.7. The molecule has 0 aliphatic carbocycles. The van der Waals surface area contributed by atoms with Crippen molar-refractivity contribution in [1.29, 1.82) is 0 Å². The van der Waals surface area contributed by atoms with Gasteiger partial charge in [-0.3, -0.25) is 4.79 Å². The molecule has 0 saturated carbocycles. The van der Waals surface area contributed by atoms with E-state index < -0.39 is 0 Å². The summed E-state index contributed by atoms with van der Waals surface area (Å²) < 4.78 is 7.38. The SMILES string of the molecule is CC(C)Oc1cc(N(C)C)ccc1C=Nn1c(-c2ccccc2)nc2ccccc2c1=O. The van der Waals surface area contributed by atoms with Crippen LogP contribution in [0.2, 0.25) is 0 Å². The number of nitrogens with zero attached hydrogens (tertiary/aromatic N) is 4. The molecule has 0 saturated heterocycles. The summed E-state index contributed by atoms with van der Waals surface area (Å²) in [4.78, 5) is 20.1. The maximum atomic E-state index is 13.3. The predicted molar refractivity (Wildman–Crippen MR) is 131 cm³/mol. The van der Waals surface area contributed by atoms with Crippen LogP contribution in [-0.4, -0.2) is 36.1 Å². The summed E-state index contributed by atoms with van der Waals surface area (Å²) in [5.41, 5.74) is 3.04. The molecular formula is C26H26N4O2. The molecule has 0 amide bonds. The summed E-state index contributed by atoms with van der Waals surface area (Å²) in [7, 11) is 3.96. The Morgan fingerprint density at radius 1 is 1.00 bits per heavy atom. The number of para-hydroxylation sites is 1. The lowest BCUT2D eigenvalue weighted by molar-refractivity contribution is 0.242. The normalized spacial score (nSPS) is 11.4. The van der Waals surface area contributed by atoms with Gasteiger partial charge in [-0.15, -0.1) is 0 Å². The van der Waals surface area contributed by atoms with Crippen molar-refractivity contribution in [1.82, 2.24) is 9.66 Å². The van der Waals surface area contributed by atoms with Crippen molar-refractivity contribution < 1.29 is 4.74 Å². The molecule has 4 aromatic rings. The molecule has 6 nitrogen and oxygen atoms in total. The Balaban J connectivity index is 1.87. The molecule has 4 rings (SSSR count). The monoisotopic (exact) mass is 426 g/mol. The van der Waals surface area contributed by atoms with Crippen molar-refractivity contribution in [2.75, 3.05) is 19.0 Å². The Morgan fingerprint density at radius 2 is 1.72 bits per heavy atom. The van der Waals surface area contributed by atoms with E-state index in [1.807, 2.05) is 99.6 Å². The second-order valence-corrected chi connectivity index (χ2v) is 7.96. The van der Waals surface area contributed by atoms with Crippen LogP contribution in [0.4, 0.5) is 5.69 Å².